The molecule has 1 aromatic heterocycles. The summed E-state index contributed by atoms with van der Waals surface area (Å²) in [6, 6.07) is 10.1. The first-order valence-corrected chi connectivity index (χ1v) is 8.55. The van der Waals surface area contributed by atoms with Gasteiger partial charge < -0.3 is 15.4 Å². The van der Waals surface area contributed by atoms with Crippen LogP contribution in [0.2, 0.25) is 0 Å². The van der Waals surface area contributed by atoms with Crippen molar-refractivity contribution in [2.45, 2.75) is 25.4 Å². The van der Waals surface area contributed by atoms with Gasteiger partial charge in [-0.05, 0) is 43.0 Å². The summed E-state index contributed by atoms with van der Waals surface area (Å²) in [5.41, 5.74) is 1.20. The first-order valence-electron chi connectivity index (χ1n) is 8.55. The number of hydrogen-bond donors (Lipinski definition) is 2. The number of ether oxygens (including phenoxy) is 1. The van der Waals surface area contributed by atoms with Gasteiger partial charge in [0, 0.05) is 31.5 Å². The van der Waals surface area contributed by atoms with Crippen molar-refractivity contribution in [1.29, 1.82) is 0 Å². The van der Waals surface area contributed by atoms with E-state index in [2.05, 4.69) is 15.6 Å². The molecule has 1 aliphatic rings. The van der Waals surface area contributed by atoms with Crippen molar-refractivity contribution in [3.8, 4) is 0 Å². The number of carbonyl (C=O) groups is 1. The third-order valence-corrected chi connectivity index (χ3v) is 4.19. The lowest BCUT2D eigenvalue weighted by molar-refractivity contribution is 0.0857. The number of rotatable bonds is 7. The van der Waals surface area contributed by atoms with Crippen LogP contribution < -0.4 is 10.6 Å². The molecule has 2 heterocycles. The third kappa shape index (κ3) is 5.00. The predicted octanol–water partition coefficient (Wildman–Crippen LogP) is 2.78. The van der Waals surface area contributed by atoms with E-state index in [-0.39, 0.29) is 17.8 Å². The SMILES string of the molecule is O=C(NCC1CCCO1)c1ccnc(NCCc2ccccc2F)c1. The molecule has 1 aliphatic heterocycles. The highest BCUT2D eigenvalue weighted by atomic mass is 19.1. The van der Waals surface area contributed by atoms with Gasteiger partial charge in [-0.25, -0.2) is 9.37 Å². The highest BCUT2D eigenvalue weighted by Gasteiger charge is 2.16. The van der Waals surface area contributed by atoms with E-state index in [4.69, 9.17) is 4.74 Å². The molecule has 1 unspecified atom stereocenters. The molecule has 0 bridgehead atoms. The number of carbonyl (C=O) groups excluding carboxylic acids is 1. The maximum Gasteiger partial charge on any atom is 0.251 e. The maximum atomic E-state index is 13.6. The molecule has 132 valence electrons. The Bertz CT molecular complexity index is 717. The van der Waals surface area contributed by atoms with Gasteiger partial charge in [0.05, 0.1) is 6.10 Å². The summed E-state index contributed by atoms with van der Waals surface area (Å²) in [6.45, 7) is 1.83. The van der Waals surface area contributed by atoms with Crippen LogP contribution in [0, 0.1) is 5.82 Å². The van der Waals surface area contributed by atoms with Gasteiger partial charge in [-0.1, -0.05) is 18.2 Å². The van der Waals surface area contributed by atoms with Crippen LogP contribution in [0.3, 0.4) is 0 Å². The minimum absolute atomic E-state index is 0.115. The molecular weight excluding hydrogens is 321 g/mol. The predicted molar refractivity (Wildman–Crippen MR) is 94.1 cm³/mol. The summed E-state index contributed by atoms with van der Waals surface area (Å²) in [4.78, 5) is 16.4. The summed E-state index contributed by atoms with van der Waals surface area (Å²) in [7, 11) is 0. The average Bonchev–Trinajstić information content (AvgIpc) is 3.15. The van der Waals surface area contributed by atoms with Gasteiger partial charge in [0.15, 0.2) is 0 Å². The van der Waals surface area contributed by atoms with Crippen molar-refractivity contribution < 1.29 is 13.9 Å². The Kier molecular flexibility index (Phi) is 5.95. The number of hydrogen-bond acceptors (Lipinski definition) is 4. The van der Waals surface area contributed by atoms with Crippen LogP contribution in [0.4, 0.5) is 10.2 Å². The molecule has 1 atom stereocenters. The Labute approximate surface area is 146 Å². The molecule has 0 saturated carbocycles. The third-order valence-electron chi connectivity index (χ3n) is 4.19. The Hall–Kier alpha value is -2.47. The highest BCUT2D eigenvalue weighted by Crippen LogP contribution is 2.12. The maximum absolute atomic E-state index is 13.6. The zero-order chi connectivity index (χ0) is 17.5. The van der Waals surface area contributed by atoms with Crippen LogP contribution in [0.25, 0.3) is 0 Å². The summed E-state index contributed by atoms with van der Waals surface area (Å²) in [6.07, 6.45) is 4.28. The van der Waals surface area contributed by atoms with E-state index in [0.717, 1.165) is 19.4 Å². The van der Waals surface area contributed by atoms with Crippen LogP contribution in [-0.2, 0) is 11.2 Å². The molecule has 2 aromatic rings. The lowest BCUT2D eigenvalue weighted by Gasteiger charge is -2.11. The van der Waals surface area contributed by atoms with E-state index in [1.807, 2.05) is 6.07 Å². The molecule has 25 heavy (non-hydrogen) atoms. The highest BCUT2D eigenvalue weighted by molar-refractivity contribution is 5.94. The number of pyridine rings is 1. The summed E-state index contributed by atoms with van der Waals surface area (Å²) < 4.78 is 19.1. The van der Waals surface area contributed by atoms with E-state index in [1.54, 1.807) is 30.5 Å². The van der Waals surface area contributed by atoms with Crippen molar-refractivity contribution in [3.05, 3.63) is 59.5 Å². The molecule has 0 spiro atoms. The number of nitrogens with one attached hydrogen (secondary N) is 2. The average molecular weight is 343 g/mol. The van der Waals surface area contributed by atoms with Gasteiger partial charge in [-0.2, -0.15) is 0 Å². The minimum atomic E-state index is -0.209. The van der Waals surface area contributed by atoms with Gasteiger partial charge in [-0.3, -0.25) is 4.79 Å². The number of amides is 1. The van der Waals surface area contributed by atoms with Crippen LogP contribution in [0.5, 0.6) is 0 Å². The van der Waals surface area contributed by atoms with E-state index in [0.29, 0.717) is 36.5 Å². The van der Waals surface area contributed by atoms with Crippen molar-refractivity contribution in [1.82, 2.24) is 10.3 Å². The standard InChI is InChI=1S/C19H22FN3O2/c20-17-6-2-1-4-14(17)7-9-21-18-12-15(8-10-22-18)19(24)23-13-16-5-3-11-25-16/h1-2,4,6,8,10,12,16H,3,5,7,9,11,13H2,(H,21,22)(H,23,24). The molecule has 1 aromatic carbocycles. The largest absolute Gasteiger partial charge is 0.376 e. The number of halogens is 1. The van der Waals surface area contributed by atoms with Crippen LogP contribution in [0.15, 0.2) is 42.6 Å². The second-order valence-corrected chi connectivity index (χ2v) is 6.04. The zero-order valence-corrected chi connectivity index (χ0v) is 14.0. The first kappa shape index (κ1) is 17.4. The van der Waals surface area contributed by atoms with Gasteiger partial charge >= 0.3 is 0 Å². The lowest BCUT2D eigenvalue weighted by Crippen LogP contribution is -2.31. The van der Waals surface area contributed by atoms with Gasteiger partial charge in [-0.15, -0.1) is 0 Å². The summed E-state index contributed by atoms with van der Waals surface area (Å²) in [5, 5.41) is 6.02. The fourth-order valence-corrected chi connectivity index (χ4v) is 2.81. The van der Waals surface area contributed by atoms with Gasteiger partial charge in [0.2, 0.25) is 0 Å². The van der Waals surface area contributed by atoms with Crippen LogP contribution in [-0.4, -0.2) is 36.7 Å². The topological polar surface area (TPSA) is 63.2 Å². The number of aromatic nitrogens is 1. The van der Waals surface area contributed by atoms with Crippen LogP contribution in [0.1, 0.15) is 28.8 Å². The smallest absolute Gasteiger partial charge is 0.251 e. The molecular formula is C19H22FN3O2. The zero-order valence-electron chi connectivity index (χ0n) is 14.0. The van der Waals surface area contributed by atoms with E-state index in [9.17, 15) is 9.18 Å². The Morgan fingerprint density at radius 3 is 3.00 bits per heavy atom. The first-order chi connectivity index (χ1) is 12.2. The number of anilines is 1. The number of benzene rings is 1. The van der Waals surface area contributed by atoms with E-state index >= 15 is 0 Å². The van der Waals surface area contributed by atoms with Gasteiger partial charge in [0.1, 0.15) is 11.6 Å². The summed E-state index contributed by atoms with van der Waals surface area (Å²) in [5.74, 6) is 0.246. The minimum Gasteiger partial charge on any atom is -0.376 e. The Morgan fingerprint density at radius 1 is 1.32 bits per heavy atom. The van der Waals surface area contributed by atoms with E-state index in [1.165, 1.54) is 6.07 Å². The molecule has 0 radical (unpaired) electrons. The van der Waals surface area contributed by atoms with Crippen molar-refractivity contribution in [3.63, 3.8) is 0 Å². The monoisotopic (exact) mass is 343 g/mol. The quantitative estimate of drug-likeness (QED) is 0.811. The van der Waals surface area contributed by atoms with Crippen molar-refractivity contribution in [2.24, 2.45) is 0 Å². The second kappa shape index (κ2) is 8.58. The molecule has 1 saturated heterocycles. The second-order valence-electron chi connectivity index (χ2n) is 6.04. The number of nitrogens with zero attached hydrogens (tertiary/aromatic N) is 1. The fraction of sp³-hybridized carbons (Fsp3) is 0.368. The Balaban J connectivity index is 1.50. The molecule has 5 nitrogen and oxygen atoms in total. The Morgan fingerprint density at radius 2 is 2.20 bits per heavy atom. The normalized spacial score (nSPS) is 16.6. The lowest BCUT2D eigenvalue weighted by atomic mass is 10.1. The molecule has 3 rings (SSSR count). The van der Waals surface area contributed by atoms with Crippen LogP contribution >= 0.6 is 0 Å². The van der Waals surface area contributed by atoms with Crippen molar-refractivity contribution in [2.75, 3.05) is 25.0 Å². The molecule has 1 amide bonds. The fourth-order valence-electron chi connectivity index (χ4n) is 2.81. The molecule has 6 heteroatoms. The van der Waals surface area contributed by atoms with Crippen molar-refractivity contribution >= 4 is 11.7 Å². The molecule has 1 fully saturated rings. The molecule has 0 aliphatic carbocycles. The van der Waals surface area contributed by atoms with Gasteiger partial charge in [0.25, 0.3) is 5.91 Å². The molecule has 2 N–H and O–H groups in total. The summed E-state index contributed by atoms with van der Waals surface area (Å²) >= 11 is 0. The van der Waals surface area contributed by atoms with E-state index < -0.39 is 0 Å².